The Morgan fingerprint density at radius 2 is 1.25 bits per heavy atom. The standard InChI is InChI=1S/C18H33.BrH.Mg/c1-3-5-7-9-11-13-15-17-18-16-14-12-10-8-6-4-2;;/h12,14,17-18H,1,3-11,13,15-16H2,2H3;1H;/q;;+1/p-1/b14-12-,18-17-;;. The zero-order chi connectivity index (χ0) is 14.7. The molecular formula is C18H33BrMg. The highest BCUT2D eigenvalue weighted by Gasteiger charge is 1.92. The van der Waals surface area contributed by atoms with E-state index in [1.165, 1.54) is 75.2 Å². The van der Waals surface area contributed by atoms with Crippen LogP contribution in [0.1, 0.15) is 84.0 Å². The van der Waals surface area contributed by atoms with Gasteiger partial charge in [0.1, 0.15) is 0 Å². The lowest BCUT2D eigenvalue weighted by Crippen LogP contribution is -1.81. The van der Waals surface area contributed by atoms with E-state index < -0.39 is 0 Å². The molecule has 0 radical (unpaired) electrons. The van der Waals surface area contributed by atoms with Crippen LogP contribution in [-0.2, 0) is 0 Å². The van der Waals surface area contributed by atoms with Gasteiger partial charge in [0.15, 0.2) is 0 Å². The number of hydrogen-bond donors (Lipinski definition) is 0. The number of hydrogen-bond acceptors (Lipinski definition) is 0. The molecule has 20 heavy (non-hydrogen) atoms. The molecule has 0 unspecified atom stereocenters. The maximum atomic E-state index is 3.62. The maximum absolute atomic E-state index is 3.62. The molecule has 0 rings (SSSR count). The Balaban J connectivity index is 3.12. The van der Waals surface area contributed by atoms with Crippen molar-refractivity contribution >= 4 is 31.1 Å². The predicted molar refractivity (Wildman–Crippen MR) is 98.8 cm³/mol. The zero-order valence-electron chi connectivity index (χ0n) is 13.6. The van der Waals surface area contributed by atoms with Crippen LogP contribution < -0.4 is 0 Å². The van der Waals surface area contributed by atoms with Crippen LogP contribution in [-0.4, -0.2) is 18.2 Å². The van der Waals surface area contributed by atoms with Gasteiger partial charge in [-0.15, -0.1) is 4.55 Å². The molecule has 0 fully saturated rings. The molecule has 0 amide bonds. The summed E-state index contributed by atoms with van der Waals surface area (Å²) in [4.78, 5) is 0. The van der Waals surface area contributed by atoms with E-state index in [-0.39, 0.29) is 18.2 Å². The molecule has 0 aromatic rings. The summed E-state index contributed by atoms with van der Waals surface area (Å²) in [6.45, 7) is 2.26. The monoisotopic (exact) mass is 352 g/mol. The molecule has 0 aromatic heterocycles. The fraction of sp³-hybridized carbons (Fsp3) is 0.778. The van der Waals surface area contributed by atoms with Gasteiger partial charge in [-0.3, -0.25) is 0 Å². The molecule has 0 saturated carbocycles. The van der Waals surface area contributed by atoms with Gasteiger partial charge in [-0.05, 0) is 32.1 Å². The molecule has 0 aromatic carbocycles. The van der Waals surface area contributed by atoms with E-state index in [0.29, 0.717) is 0 Å². The summed E-state index contributed by atoms with van der Waals surface area (Å²) in [7, 11) is 0. The minimum atomic E-state index is 0.147. The Labute approximate surface area is 143 Å². The average Bonchev–Trinajstić information content (AvgIpc) is 2.47. The van der Waals surface area contributed by atoms with Crippen molar-refractivity contribution in [2.45, 2.75) is 88.5 Å². The van der Waals surface area contributed by atoms with E-state index in [9.17, 15) is 0 Å². The Kier molecular flexibility index (Phi) is 20.4. The summed E-state index contributed by atoms with van der Waals surface area (Å²) in [6.07, 6.45) is 25.7. The lowest BCUT2D eigenvalue weighted by Gasteiger charge is -1.99. The van der Waals surface area contributed by atoms with Gasteiger partial charge < -0.3 is 12.9 Å². The molecule has 0 saturated heterocycles. The molecule has 0 aliphatic carbocycles. The van der Waals surface area contributed by atoms with E-state index in [4.69, 9.17) is 0 Å². The first-order chi connectivity index (χ1) is 9.91. The SMILES string of the molecule is CCCCC/C=C\C/C=C\CCCCCCC[CH2][Mg][Br]. The number of halogens is 1. The van der Waals surface area contributed by atoms with Gasteiger partial charge in [-0.1, -0.05) is 76.2 Å². The minimum absolute atomic E-state index is 0.147. The van der Waals surface area contributed by atoms with Crippen LogP contribution in [0.15, 0.2) is 24.3 Å². The molecule has 0 N–H and O–H groups in total. The fourth-order valence-corrected chi connectivity index (χ4v) is 3.99. The van der Waals surface area contributed by atoms with Gasteiger partial charge in [0, 0.05) is 0 Å². The van der Waals surface area contributed by atoms with E-state index in [1.54, 1.807) is 0 Å². The van der Waals surface area contributed by atoms with Crippen LogP contribution >= 0.6 is 12.9 Å². The van der Waals surface area contributed by atoms with Crippen LogP contribution in [0.4, 0.5) is 0 Å². The van der Waals surface area contributed by atoms with Gasteiger partial charge in [0.05, 0.1) is 0 Å². The lowest BCUT2D eigenvalue weighted by atomic mass is 10.1. The highest BCUT2D eigenvalue weighted by Crippen LogP contribution is 2.09. The van der Waals surface area contributed by atoms with Gasteiger partial charge in [0.2, 0.25) is 0 Å². The Bertz CT molecular complexity index is 223. The van der Waals surface area contributed by atoms with E-state index in [1.807, 2.05) is 0 Å². The second-order valence-corrected chi connectivity index (χ2v) is 9.09. The van der Waals surface area contributed by atoms with Crippen molar-refractivity contribution in [3.63, 3.8) is 0 Å². The predicted octanol–water partition coefficient (Wildman–Crippen LogP) is 7.23. The van der Waals surface area contributed by atoms with Crippen LogP contribution in [0.3, 0.4) is 0 Å². The van der Waals surface area contributed by atoms with Gasteiger partial charge in [-0.2, -0.15) is 0 Å². The molecule has 0 atom stereocenters. The Hall–Kier alpha value is 0.726. The summed E-state index contributed by atoms with van der Waals surface area (Å²) >= 11 is 3.77. The van der Waals surface area contributed by atoms with Crippen LogP contribution in [0.5, 0.6) is 0 Å². The molecular weight excluding hydrogens is 320 g/mol. The van der Waals surface area contributed by atoms with Crippen molar-refractivity contribution in [3.05, 3.63) is 24.3 Å². The average molecular weight is 354 g/mol. The lowest BCUT2D eigenvalue weighted by molar-refractivity contribution is 0.611. The van der Waals surface area contributed by atoms with Gasteiger partial charge in [-0.25, -0.2) is 0 Å². The first-order valence-corrected chi connectivity index (χ1v) is 13.7. The second-order valence-electron chi connectivity index (χ2n) is 5.63. The third-order valence-electron chi connectivity index (χ3n) is 3.58. The van der Waals surface area contributed by atoms with Crippen LogP contribution in [0.25, 0.3) is 0 Å². The topological polar surface area (TPSA) is 0 Å². The summed E-state index contributed by atoms with van der Waals surface area (Å²) in [6, 6.07) is 0. The molecule has 0 aliphatic heterocycles. The Morgan fingerprint density at radius 3 is 1.85 bits per heavy atom. The number of allylic oxidation sites excluding steroid dienone is 4. The van der Waals surface area contributed by atoms with Crippen molar-refractivity contribution < 1.29 is 0 Å². The van der Waals surface area contributed by atoms with Gasteiger partial charge in [0.25, 0.3) is 0 Å². The Morgan fingerprint density at radius 1 is 0.700 bits per heavy atom. The van der Waals surface area contributed by atoms with E-state index in [2.05, 4.69) is 44.1 Å². The third-order valence-corrected chi connectivity index (χ3v) is 6.03. The van der Waals surface area contributed by atoms with Crippen molar-refractivity contribution in [1.29, 1.82) is 0 Å². The highest BCUT2D eigenvalue weighted by molar-refractivity contribution is 9.23. The fourth-order valence-electron chi connectivity index (χ4n) is 2.26. The first kappa shape index (κ1) is 20.7. The van der Waals surface area contributed by atoms with E-state index >= 15 is 0 Å². The van der Waals surface area contributed by atoms with Gasteiger partial charge >= 0.3 is 18.2 Å². The smallest absolute Gasteiger partial charge is 0.307 e. The molecule has 0 spiro atoms. The van der Waals surface area contributed by atoms with Crippen molar-refractivity contribution in [1.82, 2.24) is 0 Å². The molecule has 0 nitrogen and oxygen atoms in total. The van der Waals surface area contributed by atoms with Crippen molar-refractivity contribution in [2.75, 3.05) is 0 Å². The number of rotatable bonds is 15. The number of unbranched alkanes of at least 4 members (excludes halogenated alkanes) is 9. The van der Waals surface area contributed by atoms with Crippen molar-refractivity contribution in [3.8, 4) is 0 Å². The quantitative estimate of drug-likeness (QED) is 0.165. The zero-order valence-corrected chi connectivity index (χ0v) is 16.6. The summed E-state index contributed by atoms with van der Waals surface area (Å²) in [5.74, 6) is 0. The van der Waals surface area contributed by atoms with E-state index in [0.717, 1.165) is 6.42 Å². The summed E-state index contributed by atoms with van der Waals surface area (Å²) in [5.41, 5.74) is 0. The minimum Gasteiger partial charge on any atom is -0.307 e. The normalized spacial score (nSPS) is 11.5. The third kappa shape index (κ3) is 18.7. The molecule has 114 valence electrons. The van der Waals surface area contributed by atoms with Crippen LogP contribution in [0, 0.1) is 0 Å². The summed E-state index contributed by atoms with van der Waals surface area (Å²) in [5, 5.41) is 0. The second kappa shape index (κ2) is 19.7. The van der Waals surface area contributed by atoms with Crippen molar-refractivity contribution in [2.24, 2.45) is 0 Å². The molecule has 0 bridgehead atoms. The first-order valence-electron chi connectivity index (χ1n) is 8.77. The molecule has 2 heteroatoms. The molecule has 0 heterocycles. The molecule has 0 aliphatic rings. The van der Waals surface area contributed by atoms with Crippen LogP contribution in [0.2, 0.25) is 4.55 Å². The largest absolute Gasteiger partial charge is 0.468 e. The highest BCUT2D eigenvalue weighted by atomic mass is 79.9. The summed E-state index contributed by atoms with van der Waals surface area (Å²) < 4.78 is 1.48. The maximum Gasteiger partial charge on any atom is 0.468 e.